The number of rotatable bonds is 3. The molecule has 3 rings (SSSR count). The molecule has 1 aromatic heterocycles. The first kappa shape index (κ1) is 14.1. The van der Waals surface area contributed by atoms with Gasteiger partial charge in [-0.15, -0.1) is 0 Å². The molecule has 1 aliphatic rings. The van der Waals surface area contributed by atoms with Crippen molar-refractivity contribution in [3.63, 3.8) is 0 Å². The Kier molecular flexibility index (Phi) is 3.41. The van der Waals surface area contributed by atoms with E-state index < -0.39 is 0 Å². The second-order valence-corrected chi connectivity index (χ2v) is 7.85. The maximum atomic E-state index is 6.36. The third-order valence-corrected chi connectivity index (χ3v) is 4.64. The number of imidazole rings is 1. The lowest BCUT2D eigenvalue weighted by atomic mass is 9.85. The lowest BCUT2D eigenvalue weighted by Crippen LogP contribution is -2.37. The van der Waals surface area contributed by atoms with Crippen molar-refractivity contribution in [1.29, 1.82) is 0 Å². The van der Waals surface area contributed by atoms with Crippen LogP contribution in [-0.4, -0.2) is 15.6 Å². The van der Waals surface area contributed by atoms with E-state index in [0.29, 0.717) is 6.04 Å². The van der Waals surface area contributed by atoms with Crippen molar-refractivity contribution in [2.45, 2.75) is 52.1 Å². The molecule has 4 heteroatoms. The van der Waals surface area contributed by atoms with Crippen molar-refractivity contribution >= 4 is 27.0 Å². The van der Waals surface area contributed by atoms with Crippen LogP contribution in [0.25, 0.3) is 11.0 Å². The zero-order chi connectivity index (χ0) is 14.5. The van der Waals surface area contributed by atoms with Gasteiger partial charge in [0, 0.05) is 23.0 Å². The molecule has 1 atom stereocenters. The first-order valence-corrected chi connectivity index (χ1v) is 8.07. The summed E-state index contributed by atoms with van der Waals surface area (Å²) >= 11 is 3.53. The first-order valence-electron chi connectivity index (χ1n) is 7.28. The Hall–Kier alpha value is -0.870. The highest BCUT2D eigenvalue weighted by atomic mass is 79.9. The molecule has 2 aromatic rings. The van der Waals surface area contributed by atoms with Gasteiger partial charge in [-0.3, -0.25) is 0 Å². The summed E-state index contributed by atoms with van der Waals surface area (Å²) in [4.78, 5) is 4.84. The summed E-state index contributed by atoms with van der Waals surface area (Å²) in [6, 6.07) is 7.11. The Morgan fingerprint density at radius 2 is 2.10 bits per heavy atom. The summed E-state index contributed by atoms with van der Waals surface area (Å²) < 4.78 is 3.49. The fourth-order valence-corrected chi connectivity index (χ4v) is 2.86. The Bertz CT molecular complexity index is 635. The SMILES string of the molecule is CC(C)(C)C(N)Cc1nc2cc(Br)ccc2n1C1CC1. The van der Waals surface area contributed by atoms with Gasteiger partial charge in [0.15, 0.2) is 0 Å². The standard InChI is InChI=1S/C16H22BrN3/c1-16(2,3)14(18)9-15-19-12-8-10(17)4-7-13(12)20(15)11-5-6-11/h4,7-8,11,14H,5-6,9,18H2,1-3H3. The van der Waals surface area contributed by atoms with Gasteiger partial charge in [-0.05, 0) is 36.5 Å². The van der Waals surface area contributed by atoms with Gasteiger partial charge in [-0.1, -0.05) is 36.7 Å². The second-order valence-electron chi connectivity index (χ2n) is 6.94. The van der Waals surface area contributed by atoms with Crippen LogP contribution in [0.15, 0.2) is 22.7 Å². The van der Waals surface area contributed by atoms with Crippen molar-refractivity contribution in [2.24, 2.45) is 11.1 Å². The molecule has 1 aliphatic carbocycles. The number of hydrogen-bond acceptors (Lipinski definition) is 2. The van der Waals surface area contributed by atoms with Crippen LogP contribution in [-0.2, 0) is 6.42 Å². The Morgan fingerprint density at radius 3 is 2.70 bits per heavy atom. The van der Waals surface area contributed by atoms with Crippen LogP contribution in [0.5, 0.6) is 0 Å². The van der Waals surface area contributed by atoms with Crippen LogP contribution in [0, 0.1) is 5.41 Å². The van der Waals surface area contributed by atoms with Crippen LogP contribution in [0.4, 0.5) is 0 Å². The van der Waals surface area contributed by atoms with E-state index in [1.807, 2.05) is 0 Å². The number of halogens is 1. The maximum absolute atomic E-state index is 6.36. The van der Waals surface area contributed by atoms with Crippen LogP contribution < -0.4 is 5.73 Å². The van der Waals surface area contributed by atoms with E-state index >= 15 is 0 Å². The predicted octanol–water partition coefficient (Wildman–Crippen LogP) is 4.05. The molecule has 0 saturated heterocycles. The quantitative estimate of drug-likeness (QED) is 0.919. The van der Waals surface area contributed by atoms with E-state index in [1.165, 1.54) is 18.4 Å². The van der Waals surface area contributed by atoms with Crippen LogP contribution in [0.2, 0.25) is 0 Å². The Labute approximate surface area is 128 Å². The summed E-state index contributed by atoms with van der Waals surface area (Å²) in [5.74, 6) is 1.14. The number of nitrogens with two attached hydrogens (primary N) is 1. The molecule has 0 bridgehead atoms. The minimum Gasteiger partial charge on any atom is -0.327 e. The van der Waals surface area contributed by atoms with E-state index in [2.05, 4.69) is 59.5 Å². The summed E-state index contributed by atoms with van der Waals surface area (Å²) in [5.41, 5.74) is 8.78. The summed E-state index contributed by atoms with van der Waals surface area (Å²) in [7, 11) is 0. The molecular formula is C16H22BrN3. The highest BCUT2D eigenvalue weighted by Crippen LogP contribution is 2.39. The van der Waals surface area contributed by atoms with Crippen molar-refractivity contribution in [3.05, 3.63) is 28.5 Å². The Balaban J connectivity index is 2.03. The summed E-state index contributed by atoms with van der Waals surface area (Å²) in [5, 5.41) is 0. The molecule has 1 saturated carbocycles. The van der Waals surface area contributed by atoms with Gasteiger partial charge in [-0.25, -0.2) is 4.98 Å². The van der Waals surface area contributed by atoms with Crippen LogP contribution in [0.3, 0.4) is 0 Å². The normalized spacial score (nSPS) is 17.6. The molecule has 0 aliphatic heterocycles. The van der Waals surface area contributed by atoms with E-state index in [-0.39, 0.29) is 11.5 Å². The molecule has 1 heterocycles. The third-order valence-electron chi connectivity index (χ3n) is 4.15. The molecule has 1 fully saturated rings. The molecular weight excluding hydrogens is 314 g/mol. The number of nitrogens with zero attached hydrogens (tertiary/aromatic N) is 2. The minimum atomic E-state index is 0.104. The van der Waals surface area contributed by atoms with Gasteiger partial charge >= 0.3 is 0 Å². The fraction of sp³-hybridized carbons (Fsp3) is 0.562. The lowest BCUT2D eigenvalue weighted by molar-refractivity contribution is 0.313. The second kappa shape index (κ2) is 4.85. The molecule has 0 spiro atoms. The van der Waals surface area contributed by atoms with Crippen molar-refractivity contribution in [3.8, 4) is 0 Å². The van der Waals surface area contributed by atoms with Gasteiger partial charge in [0.05, 0.1) is 11.0 Å². The van der Waals surface area contributed by atoms with E-state index in [0.717, 1.165) is 22.2 Å². The number of benzene rings is 1. The van der Waals surface area contributed by atoms with Crippen molar-refractivity contribution < 1.29 is 0 Å². The van der Waals surface area contributed by atoms with Crippen molar-refractivity contribution in [2.75, 3.05) is 0 Å². The highest BCUT2D eigenvalue weighted by molar-refractivity contribution is 9.10. The fourth-order valence-electron chi connectivity index (χ4n) is 2.51. The minimum absolute atomic E-state index is 0.104. The topological polar surface area (TPSA) is 43.8 Å². The van der Waals surface area contributed by atoms with Gasteiger partial charge in [0.2, 0.25) is 0 Å². The Morgan fingerprint density at radius 1 is 1.40 bits per heavy atom. The van der Waals surface area contributed by atoms with E-state index in [4.69, 9.17) is 10.7 Å². The van der Waals surface area contributed by atoms with E-state index in [9.17, 15) is 0 Å². The largest absolute Gasteiger partial charge is 0.327 e. The van der Waals surface area contributed by atoms with Gasteiger partial charge in [-0.2, -0.15) is 0 Å². The van der Waals surface area contributed by atoms with Gasteiger partial charge in [0.25, 0.3) is 0 Å². The molecule has 0 radical (unpaired) electrons. The van der Waals surface area contributed by atoms with Crippen LogP contribution in [0.1, 0.15) is 45.5 Å². The maximum Gasteiger partial charge on any atom is 0.111 e. The van der Waals surface area contributed by atoms with Gasteiger partial charge in [0.1, 0.15) is 5.82 Å². The third kappa shape index (κ3) is 2.63. The molecule has 108 valence electrons. The van der Waals surface area contributed by atoms with E-state index in [1.54, 1.807) is 0 Å². The molecule has 2 N–H and O–H groups in total. The zero-order valence-electron chi connectivity index (χ0n) is 12.4. The van der Waals surface area contributed by atoms with Crippen molar-refractivity contribution in [1.82, 2.24) is 9.55 Å². The zero-order valence-corrected chi connectivity index (χ0v) is 13.9. The molecule has 20 heavy (non-hydrogen) atoms. The highest BCUT2D eigenvalue weighted by Gasteiger charge is 2.30. The number of hydrogen-bond donors (Lipinski definition) is 1. The van der Waals surface area contributed by atoms with Gasteiger partial charge < -0.3 is 10.3 Å². The molecule has 1 aromatic carbocycles. The predicted molar refractivity (Wildman–Crippen MR) is 86.8 cm³/mol. The molecule has 0 amide bonds. The smallest absolute Gasteiger partial charge is 0.111 e. The lowest BCUT2D eigenvalue weighted by Gasteiger charge is -2.27. The number of aromatic nitrogens is 2. The first-order chi connectivity index (χ1) is 9.36. The van der Waals surface area contributed by atoms with Crippen LogP contribution >= 0.6 is 15.9 Å². The average molecular weight is 336 g/mol. The summed E-state index contributed by atoms with van der Waals surface area (Å²) in [6.45, 7) is 6.58. The summed E-state index contributed by atoms with van der Waals surface area (Å²) in [6.07, 6.45) is 3.37. The number of fused-ring (bicyclic) bond motifs is 1. The molecule has 3 nitrogen and oxygen atoms in total. The molecule has 1 unspecified atom stereocenters. The monoisotopic (exact) mass is 335 g/mol. The average Bonchev–Trinajstić information content (AvgIpc) is 3.10.